The van der Waals surface area contributed by atoms with Crippen molar-refractivity contribution in [3.05, 3.63) is 83.7 Å². The van der Waals surface area contributed by atoms with Crippen molar-refractivity contribution in [1.29, 1.82) is 0 Å². The summed E-state index contributed by atoms with van der Waals surface area (Å²) >= 11 is 0. The second kappa shape index (κ2) is 12.1. The van der Waals surface area contributed by atoms with Crippen LogP contribution in [-0.4, -0.2) is 71.0 Å². The molecule has 0 radical (unpaired) electrons. The highest BCUT2D eigenvalue weighted by molar-refractivity contribution is 6.48. The van der Waals surface area contributed by atoms with Crippen LogP contribution in [0.4, 0.5) is 5.69 Å². The molecule has 9 nitrogen and oxygen atoms in total. The molecular weight excluding hydrogens is 518 g/mol. The minimum atomic E-state index is -0.548. The van der Waals surface area contributed by atoms with Gasteiger partial charge < -0.3 is 20.0 Å². The topological polar surface area (TPSA) is 101 Å². The average molecular weight is 556 g/mol. The van der Waals surface area contributed by atoms with Gasteiger partial charge in [-0.15, -0.1) is 0 Å². The predicted molar refractivity (Wildman–Crippen MR) is 161 cm³/mol. The van der Waals surface area contributed by atoms with Crippen LogP contribution in [0.25, 0.3) is 16.5 Å². The van der Waals surface area contributed by atoms with Crippen molar-refractivity contribution in [1.82, 2.24) is 14.7 Å². The van der Waals surface area contributed by atoms with Gasteiger partial charge >= 0.3 is 0 Å². The normalized spacial score (nSPS) is 14.8. The first-order valence-corrected chi connectivity index (χ1v) is 13.9. The highest BCUT2D eigenvalue weighted by Crippen LogP contribution is 2.32. The number of amides is 1. The molecule has 4 aromatic rings. The van der Waals surface area contributed by atoms with E-state index in [1.165, 1.54) is 0 Å². The lowest BCUT2D eigenvalue weighted by Crippen LogP contribution is -2.38. The Morgan fingerprint density at radius 3 is 2.51 bits per heavy atom. The van der Waals surface area contributed by atoms with Crippen LogP contribution >= 0.6 is 0 Å². The highest BCUT2D eigenvalue weighted by Gasteiger charge is 2.27. The third kappa shape index (κ3) is 6.42. The van der Waals surface area contributed by atoms with Crippen LogP contribution in [0.15, 0.2) is 71.9 Å². The molecule has 214 valence electrons. The fourth-order valence-corrected chi connectivity index (χ4v) is 4.88. The van der Waals surface area contributed by atoms with E-state index in [0.29, 0.717) is 18.0 Å². The number of hydrogen-bond acceptors (Lipinski definition) is 7. The summed E-state index contributed by atoms with van der Waals surface area (Å²) in [6, 6.07) is 21.1. The molecule has 0 spiro atoms. The standard InChI is InChI=1S/C32H37N5O4/c1-22-8-7-9-23(20-22)37-27(21-29(34-37)32(2,3)4)30(35-39)31(38)33-26-12-13-28(25-11-6-5-10-24(25)26)41-19-16-36-14-17-40-18-15-36/h5-13,20-21,39H,14-19H2,1-4H3,(H,33,38). The molecular formula is C32H37N5O4. The fraction of sp³-hybridized carbons (Fsp3) is 0.344. The van der Waals surface area contributed by atoms with Gasteiger partial charge in [-0.1, -0.05) is 62.3 Å². The molecule has 2 heterocycles. The first kappa shape index (κ1) is 28.3. The summed E-state index contributed by atoms with van der Waals surface area (Å²) in [7, 11) is 0. The zero-order valence-corrected chi connectivity index (χ0v) is 24.1. The molecule has 2 N–H and O–H groups in total. The Labute approximate surface area is 240 Å². The van der Waals surface area contributed by atoms with Crippen molar-refractivity contribution >= 4 is 28.1 Å². The van der Waals surface area contributed by atoms with E-state index in [1.807, 2.05) is 88.4 Å². The molecule has 0 aliphatic carbocycles. The van der Waals surface area contributed by atoms with Gasteiger partial charge in [-0.3, -0.25) is 9.69 Å². The molecule has 5 rings (SSSR count). The van der Waals surface area contributed by atoms with Gasteiger partial charge in [-0.05, 0) is 42.8 Å². The van der Waals surface area contributed by atoms with Gasteiger partial charge in [0.15, 0.2) is 5.71 Å². The molecule has 1 aliphatic rings. The quantitative estimate of drug-likeness (QED) is 0.177. The van der Waals surface area contributed by atoms with E-state index in [1.54, 1.807) is 10.7 Å². The van der Waals surface area contributed by atoms with Crippen molar-refractivity contribution in [2.24, 2.45) is 5.16 Å². The Bertz CT molecular complexity index is 1560. The number of morpholine rings is 1. The van der Waals surface area contributed by atoms with Crippen LogP contribution in [0.1, 0.15) is 37.7 Å². The number of rotatable bonds is 8. The van der Waals surface area contributed by atoms with Crippen LogP contribution in [-0.2, 0) is 14.9 Å². The van der Waals surface area contributed by atoms with E-state index < -0.39 is 5.91 Å². The Kier molecular flexibility index (Phi) is 8.37. The summed E-state index contributed by atoms with van der Waals surface area (Å²) in [6.07, 6.45) is 0. The summed E-state index contributed by atoms with van der Waals surface area (Å²) < 4.78 is 13.2. The number of aromatic nitrogens is 2. The minimum absolute atomic E-state index is 0.135. The van der Waals surface area contributed by atoms with Crippen LogP contribution in [0.2, 0.25) is 0 Å². The second-order valence-corrected chi connectivity index (χ2v) is 11.3. The van der Waals surface area contributed by atoms with Gasteiger partial charge in [0, 0.05) is 41.5 Å². The number of aryl methyl sites for hydroxylation is 1. The van der Waals surface area contributed by atoms with Crippen molar-refractivity contribution < 1.29 is 19.5 Å². The summed E-state index contributed by atoms with van der Waals surface area (Å²) in [6.45, 7) is 12.8. The molecule has 1 fully saturated rings. The number of ether oxygens (including phenoxy) is 2. The van der Waals surface area contributed by atoms with Crippen molar-refractivity contribution in [2.45, 2.75) is 33.1 Å². The molecule has 9 heteroatoms. The molecule has 0 saturated carbocycles. The van der Waals surface area contributed by atoms with E-state index in [-0.39, 0.29) is 11.1 Å². The summed E-state index contributed by atoms with van der Waals surface area (Å²) in [5.74, 6) is 0.197. The molecule has 0 bridgehead atoms. The van der Waals surface area contributed by atoms with E-state index in [2.05, 4.69) is 15.4 Å². The number of nitrogens with zero attached hydrogens (tertiary/aromatic N) is 4. The van der Waals surface area contributed by atoms with Gasteiger partial charge in [0.2, 0.25) is 0 Å². The van der Waals surface area contributed by atoms with Crippen molar-refractivity contribution in [3.8, 4) is 11.4 Å². The number of anilines is 1. The Morgan fingerprint density at radius 1 is 1.05 bits per heavy atom. The molecule has 41 heavy (non-hydrogen) atoms. The molecule has 1 saturated heterocycles. The maximum absolute atomic E-state index is 13.6. The molecule has 0 atom stereocenters. The number of benzene rings is 3. The van der Waals surface area contributed by atoms with Crippen LogP contribution < -0.4 is 10.1 Å². The molecule has 1 amide bonds. The average Bonchev–Trinajstić information content (AvgIpc) is 3.41. The van der Waals surface area contributed by atoms with E-state index in [0.717, 1.165) is 66.3 Å². The van der Waals surface area contributed by atoms with Gasteiger partial charge in [-0.25, -0.2) is 4.68 Å². The highest BCUT2D eigenvalue weighted by atomic mass is 16.5. The first-order chi connectivity index (χ1) is 19.7. The lowest BCUT2D eigenvalue weighted by atomic mass is 9.92. The Morgan fingerprint density at radius 2 is 1.80 bits per heavy atom. The Balaban J connectivity index is 1.41. The molecule has 3 aromatic carbocycles. The predicted octanol–water partition coefficient (Wildman–Crippen LogP) is 5.16. The second-order valence-electron chi connectivity index (χ2n) is 11.3. The number of nitrogens with one attached hydrogen (secondary N) is 1. The zero-order valence-electron chi connectivity index (χ0n) is 24.1. The van der Waals surface area contributed by atoms with Crippen LogP contribution in [0.3, 0.4) is 0 Å². The number of carbonyl (C=O) groups excluding carboxylic acids is 1. The lowest BCUT2D eigenvalue weighted by molar-refractivity contribution is -0.110. The van der Waals surface area contributed by atoms with E-state index >= 15 is 0 Å². The largest absolute Gasteiger partial charge is 0.492 e. The Hall–Kier alpha value is -4.21. The smallest absolute Gasteiger partial charge is 0.279 e. The maximum atomic E-state index is 13.6. The van der Waals surface area contributed by atoms with Crippen LogP contribution in [0.5, 0.6) is 5.75 Å². The lowest BCUT2D eigenvalue weighted by Gasteiger charge is -2.26. The van der Waals surface area contributed by atoms with Gasteiger partial charge in [0.05, 0.1) is 24.6 Å². The SMILES string of the molecule is Cc1cccc(-n2nc(C(C)(C)C)cc2C(=NO)C(=O)Nc2ccc(OCCN3CCOCC3)c3ccccc23)c1. The van der Waals surface area contributed by atoms with Gasteiger partial charge in [0.1, 0.15) is 18.1 Å². The van der Waals surface area contributed by atoms with E-state index in [9.17, 15) is 10.0 Å². The number of hydrogen-bond donors (Lipinski definition) is 2. The summed E-state index contributed by atoms with van der Waals surface area (Å²) in [5, 5.41) is 23.0. The van der Waals surface area contributed by atoms with E-state index in [4.69, 9.17) is 14.6 Å². The zero-order chi connectivity index (χ0) is 29.0. The fourth-order valence-electron chi connectivity index (χ4n) is 4.88. The molecule has 0 unspecified atom stereocenters. The molecule has 1 aromatic heterocycles. The third-order valence-corrected chi connectivity index (χ3v) is 7.18. The van der Waals surface area contributed by atoms with Gasteiger partial charge in [-0.2, -0.15) is 5.10 Å². The first-order valence-electron chi connectivity index (χ1n) is 13.9. The monoisotopic (exact) mass is 555 g/mol. The number of carbonyl (C=O) groups is 1. The number of oxime groups is 1. The van der Waals surface area contributed by atoms with Gasteiger partial charge in [0.25, 0.3) is 5.91 Å². The minimum Gasteiger partial charge on any atom is -0.492 e. The number of fused-ring (bicyclic) bond motifs is 1. The molecule has 1 aliphatic heterocycles. The maximum Gasteiger partial charge on any atom is 0.279 e. The summed E-state index contributed by atoms with van der Waals surface area (Å²) in [4.78, 5) is 16.0. The third-order valence-electron chi connectivity index (χ3n) is 7.18. The van der Waals surface area contributed by atoms with Crippen molar-refractivity contribution in [3.63, 3.8) is 0 Å². The summed E-state index contributed by atoms with van der Waals surface area (Å²) in [5.41, 5.74) is 3.16. The van der Waals surface area contributed by atoms with Crippen molar-refractivity contribution in [2.75, 3.05) is 44.8 Å². The van der Waals surface area contributed by atoms with Crippen LogP contribution in [0, 0.1) is 6.92 Å².